The van der Waals surface area contributed by atoms with E-state index in [9.17, 15) is 14.2 Å². The lowest BCUT2D eigenvalue weighted by molar-refractivity contribution is -0.143. The van der Waals surface area contributed by atoms with Crippen LogP contribution in [0.2, 0.25) is 0 Å². The molecule has 0 aromatic heterocycles. The van der Waals surface area contributed by atoms with Crippen LogP contribution in [0.5, 0.6) is 0 Å². The molecular formula is C17H26NO7P. The zero-order valence-corrected chi connectivity index (χ0v) is 16.2. The molecule has 0 heterocycles. The Bertz CT molecular complexity index is 598. The van der Waals surface area contributed by atoms with Crippen LogP contribution in [0.25, 0.3) is 0 Å². The fraction of sp³-hybridized carbons (Fsp3) is 0.529. The van der Waals surface area contributed by atoms with Gasteiger partial charge >= 0.3 is 19.7 Å². The number of amides is 1. The standard InChI is InChI=1S/C17H26NO7P/c1-4-24-26(21,25-5-2)12-11-15(16(19)22-3)18-17(20)23-13-14-9-7-6-8-10-14/h6-10,15H,4-5,11-13H2,1-3H3,(H,18,20). The van der Waals surface area contributed by atoms with Gasteiger partial charge in [-0.05, 0) is 25.8 Å². The van der Waals surface area contributed by atoms with Crippen molar-refractivity contribution in [1.82, 2.24) is 5.32 Å². The normalized spacial score (nSPS) is 12.3. The summed E-state index contributed by atoms with van der Waals surface area (Å²) in [5.74, 6) is -0.666. The summed E-state index contributed by atoms with van der Waals surface area (Å²) in [6.07, 6.45) is -0.774. The van der Waals surface area contributed by atoms with Crippen molar-refractivity contribution >= 4 is 19.7 Å². The van der Waals surface area contributed by atoms with Gasteiger partial charge in [0.05, 0.1) is 26.5 Å². The van der Waals surface area contributed by atoms with Crippen molar-refractivity contribution in [3.8, 4) is 0 Å². The van der Waals surface area contributed by atoms with Crippen molar-refractivity contribution in [2.24, 2.45) is 0 Å². The fourth-order valence-corrected chi connectivity index (χ4v) is 3.84. The largest absolute Gasteiger partial charge is 0.467 e. The molecule has 146 valence electrons. The summed E-state index contributed by atoms with van der Waals surface area (Å²) >= 11 is 0. The number of nitrogens with one attached hydrogen (secondary N) is 1. The van der Waals surface area contributed by atoms with Gasteiger partial charge in [-0.1, -0.05) is 30.3 Å². The zero-order valence-electron chi connectivity index (χ0n) is 15.3. The molecule has 0 radical (unpaired) electrons. The van der Waals surface area contributed by atoms with Gasteiger partial charge in [0.1, 0.15) is 12.6 Å². The van der Waals surface area contributed by atoms with Crippen LogP contribution < -0.4 is 5.32 Å². The van der Waals surface area contributed by atoms with Gasteiger partial charge in [0.15, 0.2) is 0 Å². The molecule has 0 bridgehead atoms. The van der Waals surface area contributed by atoms with E-state index in [1.165, 1.54) is 7.11 Å². The predicted octanol–water partition coefficient (Wildman–Crippen LogP) is 3.11. The molecule has 1 rings (SSSR count). The highest BCUT2D eigenvalue weighted by atomic mass is 31.2. The fourth-order valence-electron chi connectivity index (χ4n) is 2.15. The highest BCUT2D eigenvalue weighted by Gasteiger charge is 2.29. The first-order chi connectivity index (χ1) is 12.4. The van der Waals surface area contributed by atoms with Gasteiger partial charge in [0.2, 0.25) is 0 Å². The minimum Gasteiger partial charge on any atom is -0.467 e. The maximum Gasteiger partial charge on any atom is 0.408 e. The van der Waals surface area contributed by atoms with E-state index in [-0.39, 0.29) is 32.4 Å². The summed E-state index contributed by atoms with van der Waals surface area (Å²) in [4.78, 5) is 23.8. The number of esters is 1. The number of ether oxygens (including phenoxy) is 2. The molecule has 1 aromatic carbocycles. The Balaban J connectivity index is 2.61. The third kappa shape index (κ3) is 7.99. The molecule has 0 aliphatic rings. The van der Waals surface area contributed by atoms with Gasteiger partial charge in [0.25, 0.3) is 0 Å². The molecule has 1 amide bonds. The molecule has 1 atom stereocenters. The number of alkyl carbamates (subject to hydrolysis) is 1. The molecule has 1 N–H and O–H groups in total. The van der Waals surface area contributed by atoms with Gasteiger partial charge in [-0.15, -0.1) is 0 Å². The van der Waals surface area contributed by atoms with Crippen molar-refractivity contribution in [3.63, 3.8) is 0 Å². The van der Waals surface area contributed by atoms with Gasteiger partial charge in [0, 0.05) is 0 Å². The van der Waals surface area contributed by atoms with E-state index in [0.29, 0.717) is 0 Å². The van der Waals surface area contributed by atoms with E-state index in [1.54, 1.807) is 13.8 Å². The molecule has 26 heavy (non-hydrogen) atoms. The lowest BCUT2D eigenvalue weighted by Gasteiger charge is -2.20. The lowest BCUT2D eigenvalue weighted by atomic mass is 10.2. The molecule has 8 nitrogen and oxygen atoms in total. The topological polar surface area (TPSA) is 100 Å². The third-order valence-corrected chi connectivity index (χ3v) is 5.44. The maximum absolute atomic E-state index is 12.5. The number of benzene rings is 1. The number of methoxy groups -OCH3 is 1. The number of hydrogen-bond donors (Lipinski definition) is 1. The Morgan fingerprint density at radius 2 is 1.73 bits per heavy atom. The van der Waals surface area contributed by atoms with E-state index in [1.807, 2.05) is 30.3 Å². The summed E-state index contributed by atoms with van der Waals surface area (Å²) in [7, 11) is -2.12. The first kappa shape index (κ1) is 22.2. The summed E-state index contributed by atoms with van der Waals surface area (Å²) in [5.41, 5.74) is 0.814. The predicted molar refractivity (Wildman–Crippen MR) is 95.9 cm³/mol. The molecule has 0 spiro atoms. The van der Waals surface area contributed by atoms with Crippen LogP contribution >= 0.6 is 7.60 Å². The smallest absolute Gasteiger partial charge is 0.408 e. The average Bonchev–Trinajstić information content (AvgIpc) is 2.64. The second-order valence-electron chi connectivity index (χ2n) is 5.24. The van der Waals surface area contributed by atoms with Crippen molar-refractivity contribution < 1.29 is 32.7 Å². The first-order valence-electron chi connectivity index (χ1n) is 8.37. The highest BCUT2D eigenvalue weighted by molar-refractivity contribution is 7.53. The minimum atomic E-state index is -3.33. The number of carbonyl (C=O) groups is 2. The van der Waals surface area contributed by atoms with Crippen LogP contribution in [-0.4, -0.2) is 44.6 Å². The molecule has 0 saturated heterocycles. The summed E-state index contributed by atoms with van der Waals surface area (Å²) in [5, 5.41) is 2.43. The Morgan fingerprint density at radius 1 is 1.12 bits per heavy atom. The second kappa shape index (κ2) is 11.7. The van der Waals surface area contributed by atoms with E-state index < -0.39 is 25.7 Å². The zero-order chi connectivity index (χ0) is 19.4. The van der Waals surface area contributed by atoms with Crippen LogP contribution in [0.3, 0.4) is 0 Å². The van der Waals surface area contributed by atoms with Crippen LogP contribution in [0, 0.1) is 0 Å². The Kier molecular flexibility index (Phi) is 9.95. The number of carbonyl (C=O) groups excluding carboxylic acids is 2. The molecule has 0 saturated carbocycles. The SMILES string of the molecule is CCOP(=O)(CCC(NC(=O)OCc1ccccc1)C(=O)OC)OCC. The summed E-state index contributed by atoms with van der Waals surface area (Å²) in [6, 6.07) is 8.11. The molecule has 0 aliphatic heterocycles. The molecular weight excluding hydrogens is 361 g/mol. The van der Waals surface area contributed by atoms with Crippen molar-refractivity contribution in [2.75, 3.05) is 26.5 Å². The van der Waals surface area contributed by atoms with Gasteiger partial charge in [-0.2, -0.15) is 0 Å². The quantitative estimate of drug-likeness (QED) is 0.460. The first-order valence-corrected chi connectivity index (χ1v) is 10.1. The van der Waals surface area contributed by atoms with Gasteiger partial charge in [-0.3, -0.25) is 4.57 Å². The van der Waals surface area contributed by atoms with Crippen molar-refractivity contribution in [2.45, 2.75) is 32.9 Å². The molecule has 0 fully saturated rings. The number of rotatable bonds is 11. The average molecular weight is 387 g/mol. The van der Waals surface area contributed by atoms with E-state index in [4.69, 9.17) is 13.8 Å². The molecule has 1 unspecified atom stereocenters. The van der Waals surface area contributed by atoms with Crippen LogP contribution in [-0.2, 0) is 34.5 Å². The summed E-state index contributed by atoms with van der Waals surface area (Å²) < 4.78 is 32.6. The van der Waals surface area contributed by atoms with Crippen LogP contribution in [0.4, 0.5) is 4.79 Å². The Labute approximate surface area is 153 Å². The van der Waals surface area contributed by atoms with Gasteiger partial charge in [-0.25, -0.2) is 9.59 Å². The lowest BCUT2D eigenvalue weighted by Crippen LogP contribution is -2.42. The molecule has 1 aromatic rings. The molecule has 0 aliphatic carbocycles. The Morgan fingerprint density at radius 3 is 2.27 bits per heavy atom. The third-order valence-electron chi connectivity index (χ3n) is 3.33. The monoisotopic (exact) mass is 387 g/mol. The van der Waals surface area contributed by atoms with Crippen molar-refractivity contribution in [1.29, 1.82) is 0 Å². The van der Waals surface area contributed by atoms with Crippen LogP contribution in [0.1, 0.15) is 25.8 Å². The number of hydrogen-bond acceptors (Lipinski definition) is 7. The minimum absolute atomic E-state index is 0.0321. The van der Waals surface area contributed by atoms with Crippen molar-refractivity contribution in [3.05, 3.63) is 35.9 Å². The summed E-state index contributed by atoms with van der Waals surface area (Å²) in [6.45, 7) is 3.89. The van der Waals surface area contributed by atoms with E-state index in [0.717, 1.165) is 5.56 Å². The van der Waals surface area contributed by atoms with Crippen LogP contribution in [0.15, 0.2) is 30.3 Å². The van der Waals surface area contributed by atoms with Gasteiger partial charge < -0.3 is 23.8 Å². The molecule has 9 heteroatoms. The van der Waals surface area contributed by atoms with E-state index in [2.05, 4.69) is 10.1 Å². The highest BCUT2D eigenvalue weighted by Crippen LogP contribution is 2.48. The maximum atomic E-state index is 12.5. The second-order valence-corrected chi connectivity index (χ2v) is 7.43. The Hall–Kier alpha value is -1.89. The van der Waals surface area contributed by atoms with E-state index >= 15 is 0 Å².